The van der Waals surface area contributed by atoms with Gasteiger partial charge >= 0.3 is 0 Å². The zero-order chi connectivity index (χ0) is 31.8. The van der Waals surface area contributed by atoms with Gasteiger partial charge in [0, 0.05) is 18.7 Å². The standard InChI is InChI=1S/C36H44N2O6/c1-7-37(8-2)18-19-38-33(27-14-17-30(31(21-27)42-6)44-23-26-12-10-9-11-13-26)32(35(40)36(38)41)34(39)29-16-15-28(20-25(29)5)43-22-24(3)4/h9-17,20-21,24,33,39H,7-8,18-19,22-23H2,1-6H3. The third kappa shape index (κ3) is 7.42. The number of benzene rings is 3. The lowest BCUT2D eigenvalue weighted by molar-refractivity contribution is -0.140. The van der Waals surface area contributed by atoms with Crippen molar-refractivity contribution in [2.75, 3.05) is 39.9 Å². The number of likely N-dealkylation sites (N-methyl/N-ethyl adjacent to an activating group) is 1. The fourth-order valence-electron chi connectivity index (χ4n) is 5.35. The van der Waals surface area contributed by atoms with E-state index in [4.69, 9.17) is 14.2 Å². The molecule has 4 rings (SSSR count). The summed E-state index contributed by atoms with van der Waals surface area (Å²) >= 11 is 0. The van der Waals surface area contributed by atoms with Crippen molar-refractivity contribution < 1.29 is 28.9 Å². The van der Waals surface area contributed by atoms with Crippen LogP contribution in [0.25, 0.3) is 5.76 Å². The van der Waals surface area contributed by atoms with E-state index in [-0.39, 0.29) is 11.3 Å². The van der Waals surface area contributed by atoms with Crippen molar-refractivity contribution in [3.8, 4) is 17.2 Å². The Morgan fingerprint density at radius 1 is 0.955 bits per heavy atom. The number of hydrogen-bond acceptors (Lipinski definition) is 7. The van der Waals surface area contributed by atoms with E-state index in [1.165, 1.54) is 0 Å². The van der Waals surface area contributed by atoms with Crippen LogP contribution < -0.4 is 14.2 Å². The molecular formula is C36H44N2O6. The van der Waals surface area contributed by atoms with Crippen LogP contribution in [0.1, 0.15) is 56.0 Å². The summed E-state index contributed by atoms with van der Waals surface area (Å²) in [6, 6.07) is 19.8. The monoisotopic (exact) mass is 600 g/mol. The summed E-state index contributed by atoms with van der Waals surface area (Å²) in [7, 11) is 1.55. The van der Waals surface area contributed by atoms with Gasteiger partial charge in [0.05, 0.1) is 25.3 Å². The van der Waals surface area contributed by atoms with Gasteiger partial charge in [-0.1, -0.05) is 64.1 Å². The fraction of sp³-hybridized carbons (Fsp3) is 0.389. The predicted octanol–water partition coefficient (Wildman–Crippen LogP) is 6.38. The van der Waals surface area contributed by atoms with E-state index in [0.29, 0.717) is 60.6 Å². The highest BCUT2D eigenvalue weighted by atomic mass is 16.5. The number of ketones is 1. The highest BCUT2D eigenvalue weighted by Gasteiger charge is 2.46. The molecule has 44 heavy (non-hydrogen) atoms. The summed E-state index contributed by atoms with van der Waals surface area (Å²) < 4.78 is 17.6. The number of nitrogens with zero attached hydrogens (tertiary/aromatic N) is 2. The van der Waals surface area contributed by atoms with E-state index >= 15 is 0 Å². The highest BCUT2D eigenvalue weighted by molar-refractivity contribution is 6.46. The maximum atomic E-state index is 13.6. The summed E-state index contributed by atoms with van der Waals surface area (Å²) in [5, 5.41) is 11.7. The van der Waals surface area contributed by atoms with E-state index in [2.05, 4.69) is 32.6 Å². The zero-order valence-electron chi connectivity index (χ0n) is 26.6. The molecule has 1 amide bonds. The maximum Gasteiger partial charge on any atom is 0.295 e. The van der Waals surface area contributed by atoms with Crippen molar-refractivity contribution in [1.82, 2.24) is 9.80 Å². The average Bonchev–Trinajstić information content (AvgIpc) is 3.28. The van der Waals surface area contributed by atoms with E-state index in [1.54, 1.807) is 36.3 Å². The van der Waals surface area contributed by atoms with Crippen LogP contribution in [0.2, 0.25) is 0 Å². The molecule has 1 heterocycles. The highest BCUT2D eigenvalue weighted by Crippen LogP contribution is 2.42. The number of carbonyl (C=O) groups is 2. The Morgan fingerprint density at radius 3 is 2.32 bits per heavy atom. The number of aryl methyl sites for hydroxylation is 1. The van der Waals surface area contributed by atoms with Gasteiger partial charge in [0.25, 0.3) is 11.7 Å². The number of hydrogen-bond donors (Lipinski definition) is 1. The van der Waals surface area contributed by atoms with Gasteiger partial charge in [-0.05, 0) is 73.0 Å². The van der Waals surface area contributed by atoms with Gasteiger partial charge in [-0.15, -0.1) is 0 Å². The smallest absolute Gasteiger partial charge is 0.295 e. The van der Waals surface area contributed by atoms with E-state index < -0.39 is 17.7 Å². The van der Waals surface area contributed by atoms with E-state index in [1.807, 2.05) is 49.4 Å². The SMILES string of the molecule is CCN(CC)CCN1C(=O)C(=O)C(=C(O)c2ccc(OCC(C)C)cc2C)C1c1ccc(OCc2ccccc2)c(OC)c1. The van der Waals surface area contributed by atoms with Crippen molar-refractivity contribution in [2.24, 2.45) is 5.92 Å². The van der Waals surface area contributed by atoms with Crippen LogP contribution in [0.15, 0.2) is 72.3 Å². The normalized spacial score (nSPS) is 16.2. The third-order valence-corrected chi connectivity index (χ3v) is 7.87. The Kier molecular flexibility index (Phi) is 11.1. The molecule has 0 radical (unpaired) electrons. The lowest BCUT2D eigenvalue weighted by Gasteiger charge is -2.28. The molecule has 1 N–H and O–H groups in total. The molecule has 1 unspecified atom stereocenters. The molecule has 1 atom stereocenters. The fourth-order valence-corrected chi connectivity index (χ4v) is 5.35. The molecule has 8 heteroatoms. The summed E-state index contributed by atoms with van der Waals surface area (Å²) in [6.07, 6.45) is 0. The second-order valence-corrected chi connectivity index (χ2v) is 11.4. The van der Waals surface area contributed by atoms with Gasteiger partial charge in [0.15, 0.2) is 11.5 Å². The van der Waals surface area contributed by atoms with Crippen molar-refractivity contribution in [1.29, 1.82) is 0 Å². The van der Waals surface area contributed by atoms with Crippen molar-refractivity contribution in [3.05, 3.63) is 94.6 Å². The second-order valence-electron chi connectivity index (χ2n) is 11.4. The number of methoxy groups -OCH3 is 1. The number of Topliss-reactive ketones (excluding diaryl/α,β-unsaturated/α-hetero) is 1. The molecule has 1 saturated heterocycles. The van der Waals surface area contributed by atoms with Gasteiger partial charge in [-0.3, -0.25) is 9.59 Å². The summed E-state index contributed by atoms with van der Waals surface area (Å²) in [4.78, 5) is 30.9. The van der Waals surface area contributed by atoms with Crippen molar-refractivity contribution >= 4 is 17.4 Å². The third-order valence-electron chi connectivity index (χ3n) is 7.87. The number of carbonyl (C=O) groups excluding carboxylic acids is 2. The van der Waals surface area contributed by atoms with Crippen LogP contribution >= 0.6 is 0 Å². The number of amides is 1. The average molecular weight is 601 g/mol. The predicted molar refractivity (Wildman–Crippen MR) is 172 cm³/mol. The first-order valence-electron chi connectivity index (χ1n) is 15.3. The molecule has 3 aromatic carbocycles. The molecule has 0 saturated carbocycles. The summed E-state index contributed by atoms with van der Waals surface area (Å²) in [5.41, 5.74) is 2.92. The van der Waals surface area contributed by atoms with Gasteiger partial charge in [-0.25, -0.2) is 0 Å². The Morgan fingerprint density at radius 2 is 1.68 bits per heavy atom. The van der Waals surface area contributed by atoms with Crippen LogP contribution in [-0.2, 0) is 16.2 Å². The van der Waals surface area contributed by atoms with Crippen LogP contribution in [0.3, 0.4) is 0 Å². The molecule has 0 aliphatic carbocycles. The molecular weight excluding hydrogens is 556 g/mol. The van der Waals surface area contributed by atoms with Crippen molar-refractivity contribution in [2.45, 2.75) is 47.3 Å². The number of ether oxygens (including phenoxy) is 3. The van der Waals surface area contributed by atoms with E-state index in [0.717, 1.165) is 24.2 Å². The van der Waals surface area contributed by atoms with Crippen LogP contribution in [0, 0.1) is 12.8 Å². The number of likely N-dealkylation sites (tertiary alicyclic amines) is 1. The maximum absolute atomic E-state index is 13.6. The lowest BCUT2D eigenvalue weighted by atomic mass is 9.93. The molecule has 1 aliphatic heterocycles. The Bertz CT molecular complexity index is 1480. The molecule has 8 nitrogen and oxygen atoms in total. The number of rotatable bonds is 14. The molecule has 234 valence electrons. The van der Waals surface area contributed by atoms with Crippen LogP contribution in [0.5, 0.6) is 17.2 Å². The topological polar surface area (TPSA) is 88.5 Å². The summed E-state index contributed by atoms with van der Waals surface area (Å²) in [6.45, 7) is 13.6. The Labute approximate surface area is 260 Å². The zero-order valence-corrected chi connectivity index (χ0v) is 26.6. The Hall–Kier alpha value is -4.30. The first-order valence-corrected chi connectivity index (χ1v) is 15.3. The largest absolute Gasteiger partial charge is 0.507 e. The molecule has 3 aromatic rings. The molecule has 0 spiro atoms. The molecule has 1 aliphatic rings. The first-order chi connectivity index (χ1) is 21.2. The minimum absolute atomic E-state index is 0.0495. The van der Waals surface area contributed by atoms with Crippen LogP contribution in [-0.4, -0.2) is 66.5 Å². The van der Waals surface area contributed by atoms with Gasteiger partial charge in [-0.2, -0.15) is 0 Å². The number of aliphatic hydroxyl groups excluding tert-OH is 1. The van der Waals surface area contributed by atoms with Gasteiger partial charge in [0.2, 0.25) is 0 Å². The quantitative estimate of drug-likeness (QED) is 0.131. The molecule has 1 fully saturated rings. The molecule has 0 aromatic heterocycles. The Balaban J connectivity index is 1.75. The molecule has 0 bridgehead atoms. The van der Waals surface area contributed by atoms with Gasteiger partial charge < -0.3 is 29.1 Å². The number of aliphatic hydroxyl groups is 1. The lowest BCUT2D eigenvalue weighted by Crippen LogP contribution is -2.38. The second kappa shape index (κ2) is 14.9. The summed E-state index contributed by atoms with van der Waals surface area (Å²) in [5.74, 6) is 0.484. The van der Waals surface area contributed by atoms with Gasteiger partial charge in [0.1, 0.15) is 18.1 Å². The van der Waals surface area contributed by atoms with E-state index in [9.17, 15) is 14.7 Å². The van der Waals surface area contributed by atoms with Crippen molar-refractivity contribution in [3.63, 3.8) is 0 Å². The minimum Gasteiger partial charge on any atom is -0.507 e. The van der Waals surface area contributed by atoms with Crippen LogP contribution in [0.4, 0.5) is 0 Å². The first kappa shape index (κ1) is 32.6. The minimum atomic E-state index is -0.807.